The molecular formula is C19H17N3O4S. The molecule has 1 N–H and O–H groups in total. The van der Waals surface area contributed by atoms with Crippen molar-refractivity contribution in [3.05, 3.63) is 53.7 Å². The normalized spacial score (nSPS) is 16.6. The Labute approximate surface area is 159 Å². The van der Waals surface area contributed by atoms with E-state index in [2.05, 4.69) is 10.3 Å². The van der Waals surface area contributed by atoms with Crippen molar-refractivity contribution in [1.82, 2.24) is 10.3 Å². The lowest BCUT2D eigenvalue weighted by Gasteiger charge is -2.19. The number of benzene rings is 1. The molecule has 0 saturated carbocycles. The zero-order valence-corrected chi connectivity index (χ0v) is 15.4. The van der Waals surface area contributed by atoms with Gasteiger partial charge < -0.3 is 19.4 Å². The van der Waals surface area contributed by atoms with Gasteiger partial charge in [-0.2, -0.15) is 0 Å². The molecule has 1 saturated heterocycles. The van der Waals surface area contributed by atoms with Crippen molar-refractivity contribution in [3.8, 4) is 16.5 Å². The van der Waals surface area contributed by atoms with E-state index in [4.69, 9.17) is 9.15 Å². The van der Waals surface area contributed by atoms with Gasteiger partial charge in [0, 0.05) is 6.54 Å². The molecule has 1 atom stereocenters. The fourth-order valence-corrected chi connectivity index (χ4v) is 3.82. The molecule has 1 aliphatic rings. The number of ether oxygens (including phenoxy) is 1. The summed E-state index contributed by atoms with van der Waals surface area (Å²) in [6, 6.07) is 10.3. The van der Waals surface area contributed by atoms with E-state index >= 15 is 0 Å². The van der Waals surface area contributed by atoms with E-state index < -0.39 is 6.04 Å². The SMILES string of the molecule is COc1ccccc1N1CCC(NC(=O)c2cnc(-c3ccco3)s2)C1=O. The number of carbonyl (C=O) groups is 2. The quantitative estimate of drug-likeness (QED) is 0.732. The van der Waals surface area contributed by atoms with Gasteiger partial charge >= 0.3 is 0 Å². The van der Waals surface area contributed by atoms with Crippen LogP contribution in [0.15, 0.2) is 53.3 Å². The Morgan fingerprint density at radius 1 is 1.33 bits per heavy atom. The number of nitrogens with zero attached hydrogens (tertiary/aromatic N) is 2. The number of methoxy groups -OCH3 is 1. The first-order valence-corrected chi connectivity index (χ1v) is 9.24. The molecule has 2 aromatic heterocycles. The molecule has 27 heavy (non-hydrogen) atoms. The Morgan fingerprint density at radius 3 is 2.96 bits per heavy atom. The smallest absolute Gasteiger partial charge is 0.263 e. The van der Waals surface area contributed by atoms with Crippen LogP contribution in [0, 0.1) is 0 Å². The number of rotatable bonds is 5. The molecule has 1 unspecified atom stereocenters. The highest BCUT2D eigenvalue weighted by Crippen LogP contribution is 2.31. The number of hydrogen-bond acceptors (Lipinski definition) is 6. The molecule has 0 radical (unpaired) electrons. The molecule has 8 heteroatoms. The molecular weight excluding hydrogens is 366 g/mol. The van der Waals surface area contributed by atoms with Gasteiger partial charge in [0.05, 0.1) is 25.3 Å². The maximum Gasteiger partial charge on any atom is 0.263 e. The van der Waals surface area contributed by atoms with Crippen LogP contribution in [-0.4, -0.2) is 36.5 Å². The Bertz CT molecular complexity index is 967. The van der Waals surface area contributed by atoms with Crippen molar-refractivity contribution >= 4 is 28.8 Å². The van der Waals surface area contributed by atoms with Crippen molar-refractivity contribution < 1.29 is 18.7 Å². The van der Waals surface area contributed by atoms with Crippen LogP contribution in [0.25, 0.3) is 10.8 Å². The topological polar surface area (TPSA) is 84.7 Å². The van der Waals surface area contributed by atoms with Crippen LogP contribution < -0.4 is 15.0 Å². The van der Waals surface area contributed by atoms with Crippen molar-refractivity contribution in [3.63, 3.8) is 0 Å². The van der Waals surface area contributed by atoms with Crippen LogP contribution >= 0.6 is 11.3 Å². The van der Waals surface area contributed by atoms with Gasteiger partial charge in [0.15, 0.2) is 10.8 Å². The standard InChI is InChI=1S/C19H17N3O4S/c1-25-14-6-3-2-5-13(14)22-9-8-12(19(22)24)21-17(23)16-11-20-18(27-16)15-7-4-10-26-15/h2-7,10-12H,8-9H2,1H3,(H,21,23). The number of furan rings is 1. The monoisotopic (exact) mass is 383 g/mol. The van der Waals surface area contributed by atoms with E-state index in [0.29, 0.717) is 40.0 Å². The van der Waals surface area contributed by atoms with Crippen molar-refractivity contribution in [1.29, 1.82) is 0 Å². The van der Waals surface area contributed by atoms with Gasteiger partial charge in [-0.1, -0.05) is 12.1 Å². The summed E-state index contributed by atoms with van der Waals surface area (Å²) in [5, 5.41) is 3.43. The third-order valence-electron chi connectivity index (χ3n) is 4.35. The van der Waals surface area contributed by atoms with Crippen molar-refractivity contribution in [2.45, 2.75) is 12.5 Å². The van der Waals surface area contributed by atoms with E-state index in [1.54, 1.807) is 30.4 Å². The number of carbonyl (C=O) groups excluding carboxylic acids is 2. The van der Waals surface area contributed by atoms with E-state index in [1.165, 1.54) is 17.5 Å². The summed E-state index contributed by atoms with van der Waals surface area (Å²) in [7, 11) is 1.57. The minimum atomic E-state index is -0.573. The summed E-state index contributed by atoms with van der Waals surface area (Å²) in [5.74, 6) is 0.774. The molecule has 3 aromatic rings. The molecule has 7 nitrogen and oxygen atoms in total. The van der Waals surface area contributed by atoms with Gasteiger partial charge in [-0.25, -0.2) is 4.98 Å². The van der Waals surface area contributed by atoms with E-state index in [9.17, 15) is 9.59 Å². The van der Waals surface area contributed by atoms with Crippen molar-refractivity contribution in [2.24, 2.45) is 0 Å². The largest absolute Gasteiger partial charge is 0.495 e. The predicted molar refractivity (Wildman–Crippen MR) is 101 cm³/mol. The Hall–Kier alpha value is -3.13. The number of para-hydroxylation sites is 2. The first-order valence-electron chi connectivity index (χ1n) is 8.42. The first-order chi connectivity index (χ1) is 13.2. The van der Waals surface area contributed by atoms with Crippen LogP contribution in [0.2, 0.25) is 0 Å². The molecule has 1 fully saturated rings. The molecule has 0 bridgehead atoms. The highest BCUT2D eigenvalue weighted by atomic mass is 32.1. The molecule has 3 heterocycles. The van der Waals surface area contributed by atoms with Gasteiger partial charge in [0.1, 0.15) is 16.7 Å². The van der Waals surface area contributed by atoms with Gasteiger partial charge in [-0.3, -0.25) is 9.59 Å². The maximum atomic E-state index is 12.8. The second-order valence-corrected chi connectivity index (χ2v) is 7.01. The van der Waals surface area contributed by atoms with E-state index in [0.717, 1.165) is 0 Å². The second-order valence-electron chi connectivity index (χ2n) is 5.98. The minimum Gasteiger partial charge on any atom is -0.495 e. The highest BCUT2D eigenvalue weighted by molar-refractivity contribution is 7.16. The number of nitrogens with one attached hydrogen (secondary N) is 1. The number of anilines is 1. The third kappa shape index (κ3) is 3.31. The van der Waals surface area contributed by atoms with Gasteiger partial charge in [0.2, 0.25) is 5.91 Å². The molecule has 138 valence electrons. The summed E-state index contributed by atoms with van der Waals surface area (Å²) in [6.07, 6.45) is 3.59. The summed E-state index contributed by atoms with van der Waals surface area (Å²) >= 11 is 1.22. The molecule has 1 aliphatic heterocycles. The zero-order valence-electron chi connectivity index (χ0n) is 14.5. The van der Waals surface area contributed by atoms with Gasteiger partial charge in [-0.05, 0) is 30.7 Å². The van der Waals surface area contributed by atoms with Crippen LogP contribution in [0.5, 0.6) is 5.75 Å². The summed E-state index contributed by atoms with van der Waals surface area (Å²) in [6.45, 7) is 0.518. The van der Waals surface area contributed by atoms with E-state index in [-0.39, 0.29) is 11.8 Å². The fraction of sp³-hybridized carbons (Fsp3) is 0.211. The van der Waals surface area contributed by atoms with Crippen LogP contribution in [0.1, 0.15) is 16.1 Å². The van der Waals surface area contributed by atoms with Crippen LogP contribution in [0.4, 0.5) is 5.69 Å². The Morgan fingerprint density at radius 2 is 2.19 bits per heavy atom. The lowest BCUT2D eigenvalue weighted by atomic mass is 10.2. The number of aromatic nitrogens is 1. The predicted octanol–water partition coefficient (Wildman–Crippen LogP) is 2.95. The summed E-state index contributed by atoms with van der Waals surface area (Å²) < 4.78 is 10.6. The van der Waals surface area contributed by atoms with Gasteiger partial charge in [0.25, 0.3) is 5.91 Å². The second kappa shape index (κ2) is 7.24. The lowest BCUT2D eigenvalue weighted by molar-refractivity contribution is -0.118. The zero-order chi connectivity index (χ0) is 18.8. The van der Waals surface area contributed by atoms with Crippen molar-refractivity contribution in [2.75, 3.05) is 18.6 Å². The average Bonchev–Trinajstić information content (AvgIpc) is 3.43. The molecule has 0 aliphatic carbocycles. The fourth-order valence-electron chi connectivity index (χ4n) is 3.03. The van der Waals surface area contributed by atoms with Gasteiger partial charge in [-0.15, -0.1) is 11.3 Å². The highest BCUT2D eigenvalue weighted by Gasteiger charge is 2.35. The molecule has 4 rings (SSSR count). The Kier molecular flexibility index (Phi) is 4.64. The van der Waals surface area contributed by atoms with Crippen LogP contribution in [-0.2, 0) is 4.79 Å². The lowest BCUT2D eigenvalue weighted by Crippen LogP contribution is -2.41. The number of hydrogen-bond donors (Lipinski definition) is 1. The third-order valence-corrected chi connectivity index (χ3v) is 5.36. The first kappa shape index (κ1) is 17.3. The summed E-state index contributed by atoms with van der Waals surface area (Å²) in [4.78, 5) is 31.6. The maximum absolute atomic E-state index is 12.8. The Balaban J connectivity index is 1.46. The van der Waals surface area contributed by atoms with E-state index in [1.807, 2.05) is 24.3 Å². The number of thiazole rings is 1. The minimum absolute atomic E-state index is 0.149. The molecule has 1 aromatic carbocycles. The number of amides is 2. The van der Waals surface area contributed by atoms with Crippen LogP contribution in [0.3, 0.4) is 0 Å². The molecule has 0 spiro atoms. The average molecular weight is 383 g/mol. The summed E-state index contributed by atoms with van der Waals surface area (Å²) in [5.41, 5.74) is 0.708. The molecule has 2 amide bonds.